The summed E-state index contributed by atoms with van der Waals surface area (Å²) in [5, 5.41) is 8.37. The van der Waals surface area contributed by atoms with Gasteiger partial charge in [0.1, 0.15) is 0 Å². The fourth-order valence-electron chi connectivity index (χ4n) is 1.18. The minimum atomic E-state index is -4.97. The molecule has 0 fully saturated rings. The molecule has 0 aromatic carbocycles. The molecule has 1 aromatic heterocycles. The maximum atomic E-state index is 12.4. The van der Waals surface area contributed by atoms with Crippen LogP contribution in [-0.4, -0.2) is 16.1 Å². The number of aromatic nitrogens is 1. The lowest BCUT2D eigenvalue weighted by Gasteiger charge is -2.12. The molecule has 1 rings (SSSR count). The monoisotopic (exact) mass is 255 g/mol. The first-order valence-electron chi connectivity index (χ1n) is 4.27. The van der Waals surface area contributed by atoms with Crippen molar-refractivity contribution in [3.8, 4) is 0 Å². The highest BCUT2D eigenvalue weighted by Gasteiger charge is 2.36. The Morgan fingerprint density at radius 3 is 2.41 bits per heavy atom. The van der Waals surface area contributed by atoms with Crippen molar-refractivity contribution in [2.45, 2.75) is 19.0 Å². The largest absolute Gasteiger partial charge is 0.481 e. The molecule has 0 saturated carbocycles. The predicted octanol–water partition coefficient (Wildman–Crippen LogP) is 2.67. The van der Waals surface area contributed by atoms with Gasteiger partial charge in [-0.05, 0) is 6.07 Å². The smallest absolute Gasteiger partial charge is 0.417 e. The van der Waals surface area contributed by atoms with Gasteiger partial charge in [0.05, 0.1) is 17.7 Å². The number of halogens is 5. The maximum absolute atomic E-state index is 12.4. The number of carboxylic acid groups (broad SMARTS) is 1. The van der Waals surface area contributed by atoms with E-state index in [2.05, 4.69) is 4.98 Å². The molecule has 0 atom stereocenters. The van der Waals surface area contributed by atoms with Crippen LogP contribution in [0.2, 0.25) is 0 Å². The van der Waals surface area contributed by atoms with Crippen LogP contribution in [0.1, 0.15) is 23.2 Å². The van der Waals surface area contributed by atoms with Crippen LogP contribution < -0.4 is 0 Å². The van der Waals surface area contributed by atoms with E-state index in [-0.39, 0.29) is 0 Å². The molecule has 0 aliphatic heterocycles. The molecule has 8 heteroatoms. The summed E-state index contributed by atoms with van der Waals surface area (Å²) in [5.74, 6) is -1.39. The van der Waals surface area contributed by atoms with Crippen molar-refractivity contribution >= 4 is 5.97 Å². The molecule has 1 N–H and O–H groups in total. The van der Waals surface area contributed by atoms with Gasteiger partial charge in [-0.25, -0.2) is 8.78 Å². The molecule has 0 bridgehead atoms. The van der Waals surface area contributed by atoms with Crippen LogP contribution in [0.3, 0.4) is 0 Å². The Kier molecular flexibility index (Phi) is 3.64. The van der Waals surface area contributed by atoms with Crippen LogP contribution in [-0.2, 0) is 17.4 Å². The first-order chi connectivity index (χ1) is 7.71. The van der Waals surface area contributed by atoms with Gasteiger partial charge in [-0.1, -0.05) is 0 Å². The number of hydrogen-bond donors (Lipinski definition) is 1. The summed E-state index contributed by atoms with van der Waals surface area (Å²) in [5.41, 5.74) is -3.24. The quantitative estimate of drug-likeness (QED) is 0.845. The third-order valence-electron chi connectivity index (χ3n) is 1.86. The van der Waals surface area contributed by atoms with Crippen LogP contribution in [0.5, 0.6) is 0 Å². The average Bonchev–Trinajstić information content (AvgIpc) is 2.14. The molecule has 1 aromatic rings. The third-order valence-corrected chi connectivity index (χ3v) is 1.86. The van der Waals surface area contributed by atoms with Gasteiger partial charge >= 0.3 is 12.1 Å². The number of hydrogen-bond acceptors (Lipinski definition) is 2. The van der Waals surface area contributed by atoms with Crippen molar-refractivity contribution in [3.05, 3.63) is 29.1 Å². The topological polar surface area (TPSA) is 50.2 Å². The standard InChI is InChI=1S/C9H6F5NO2/c10-8(11)5-3-15-4(2-7(16)17)1-6(5)9(12,13)14/h1,3,8H,2H2,(H,16,17). The summed E-state index contributed by atoms with van der Waals surface area (Å²) in [6, 6.07) is 0.329. The maximum Gasteiger partial charge on any atom is 0.417 e. The van der Waals surface area contributed by atoms with Gasteiger partial charge in [0.15, 0.2) is 0 Å². The summed E-state index contributed by atoms with van der Waals surface area (Å²) in [6.07, 6.45) is -8.70. The number of aliphatic carboxylic acids is 1. The lowest BCUT2D eigenvalue weighted by molar-refractivity contribution is -0.140. The van der Waals surface area contributed by atoms with Crippen molar-refractivity contribution in [3.63, 3.8) is 0 Å². The molecule has 0 saturated heterocycles. The Balaban J connectivity index is 3.24. The number of alkyl halides is 5. The van der Waals surface area contributed by atoms with E-state index >= 15 is 0 Å². The molecule has 1 heterocycles. The number of pyridine rings is 1. The zero-order valence-corrected chi connectivity index (χ0v) is 8.13. The first-order valence-corrected chi connectivity index (χ1v) is 4.27. The van der Waals surface area contributed by atoms with Gasteiger partial charge in [0.25, 0.3) is 6.43 Å². The summed E-state index contributed by atoms with van der Waals surface area (Å²) < 4.78 is 61.8. The van der Waals surface area contributed by atoms with E-state index in [1.807, 2.05) is 0 Å². The normalized spacial score (nSPS) is 11.9. The zero-order chi connectivity index (χ0) is 13.2. The number of rotatable bonds is 3. The molecule has 0 radical (unpaired) electrons. The van der Waals surface area contributed by atoms with Gasteiger partial charge < -0.3 is 5.11 Å². The number of nitrogens with zero attached hydrogens (tertiary/aromatic N) is 1. The van der Waals surface area contributed by atoms with Gasteiger partial charge in [0.2, 0.25) is 0 Å². The Morgan fingerprint density at radius 1 is 1.41 bits per heavy atom. The van der Waals surface area contributed by atoms with Crippen molar-refractivity contribution in [1.29, 1.82) is 0 Å². The van der Waals surface area contributed by atoms with Crippen LogP contribution >= 0.6 is 0 Å². The second kappa shape index (κ2) is 4.64. The molecular formula is C9H6F5NO2. The summed E-state index contributed by atoms with van der Waals surface area (Å²) >= 11 is 0. The van der Waals surface area contributed by atoms with E-state index in [9.17, 15) is 26.7 Å². The van der Waals surface area contributed by atoms with Crippen molar-refractivity contribution < 1.29 is 31.9 Å². The molecule has 0 spiro atoms. The van der Waals surface area contributed by atoms with Crippen LogP contribution in [0, 0.1) is 0 Å². The van der Waals surface area contributed by atoms with Gasteiger partial charge in [-0.15, -0.1) is 0 Å². The first kappa shape index (κ1) is 13.3. The second-order valence-electron chi connectivity index (χ2n) is 3.13. The molecule has 0 aliphatic rings. The second-order valence-corrected chi connectivity index (χ2v) is 3.13. The lowest BCUT2D eigenvalue weighted by Crippen LogP contribution is -2.13. The summed E-state index contributed by atoms with van der Waals surface area (Å²) in [4.78, 5) is 13.5. The Hall–Kier alpha value is -1.73. The van der Waals surface area contributed by atoms with Crippen LogP contribution in [0.4, 0.5) is 22.0 Å². The minimum Gasteiger partial charge on any atom is -0.481 e. The Labute approximate surface area is 91.9 Å². The summed E-state index contributed by atoms with van der Waals surface area (Å²) in [6.45, 7) is 0. The minimum absolute atomic E-state index is 0.329. The van der Waals surface area contributed by atoms with Crippen LogP contribution in [0.25, 0.3) is 0 Å². The fraction of sp³-hybridized carbons (Fsp3) is 0.333. The van der Waals surface area contributed by atoms with E-state index in [1.54, 1.807) is 0 Å². The Bertz CT molecular complexity index is 430. The van der Waals surface area contributed by atoms with E-state index in [0.29, 0.717) is 12.3 Å². The van der Waals surface area contributed by atoms with E-state index in [0.717, 1.165) is 0 Å². The molecule has 0 amide bonds. The average molecular weight is 255 g/mol. The van der Waals surface area contributed by atoms with Gasteiger partial charge in [-0.2, -0.15) is 13.2 Å². The lowest BCUT2D eigenvalue weighted by atomic mass is 10.1. The van der Waals surface area contributed by atoms with E-state index < -0.39 is 41.8 Å². The zero-order valence-electron chi connectivity index (χ0n) is 8.13. The van der Waals surface area contributed by atoms with Gasteiger partial charge in [-0.3, -0.25) is 9.78 Å². The molecule has 3 nitrogen and oxygen atoms in total. The highest BCUT2D eigenvalue weighted by molar-refractivity contribution is 5.69. The highest BCUT2D eigenvalue weighted by atomic mass is 19.4. The third kappa shape index (κ3) is 3.36. The van der Waals surface area contributed by atoms with Crippen molar-refractivity contribution in [2.75, 3.05) is 0 Å². The SMILES string of the molecule is O=C(O)Cc1cc(C(F)(F)F)c(C(F)F)cn1. The molecule has 0 aliphatic carbocycles. The molecular weight excluding hydrogens is 249 g/mol. The Morgan fingerprint density at radius 2 is 2.00 bits per heavy atom. The van der Waals surface area contributed by atoms with Crippen molar-refractivity contribution in [2.24, 2.45) is 0 Å². The highest BCUT2D eigenvalue weighted by Crippen LogP contribution is 2.36. The number of carboxylic acids is 1. The fourth-order valence-corrected chi connectivity index (χ4v) is 1.18. The number of carbonyl (C=O) groups is 1. The molecule has 17 heavy (non-hydrogen) atoms. The molecule has 94 valence electrons. The van der Waals surface area contributed by atoms with Gasteiger partial charge in [0, 0.05) is 11.8 Å². The van der Waals surface area contributed by atoms with E-state index in [1.165, 1.54) is 0 Å². The van der Waals surface area contributed by atoms with Crippen LogP contribution in [0.15, 0.2) is 12.3 Å². The van der Waals surface area contributed by atoms with E-state index in [4.69, 9.17) is 5.11 Å². The summed E-state index contributed by atoms with van der Waals surface area (Å²) in [7, 11) is 0. The molecule has 0 unspecified atom stereocenters. The van der Waals surface area contributed by atoms with Crippen molar-refractivity contribution in [1.82, 2.24) is 4.98 Å². The predicted molar refractivity (Wildman–Crippen MR) is 45.5 cm³/mol.